The standard InChI is InChI=1S/C20H21Cl3N4O2/c1-20(2,12-3-5-14(21)15(22)9-12)26-19(29)25-13-4-6-17(16(23)10-13)27-8-7-24-18(28)11-27/h3-6,9-10H,7-8,11H2,1-2H3,(H,24,28)(H2,25,26,29). The van der Waals surface area contributed by atoms with E-state index in [1.165, 1.54) is 0 Å². The van der Waals surface area contributed by atoms with Gasteiger partial charge in [-0.05, 0) is 49.7 Å². The van der Waals surface area contributed by atoms with Gasteiger partial charge in [0.15, 0.2) is 0 Å². The molecule has 1 saturated heterocycles. The Morgan fingerprint density at radius 3 is 2.48 bits per heavy atom. The lowest BCUT2D eigenvalue weighted by atomic mass is 9.94. The number of hydrogen-bond donors (Lipinski definition) is 3. The van der Waals surface area contributed by atoms with E-state index in [1.54, 1.807) is 30.3 Å². The van der Waals surface area contributed by atoms with E-state index >= 15 is 0 Å². The van der Waals surface area contributed by atoms with Crippen LogP contribution < -0.4 is 20.9 Å². The Balaban J connectivity index is 1.67. The largest absolute Gasteiger partial charge is 0.359 e. The number of carbonyl (C=O) groups is 2. The van der Waals surface area contributed by atoms with E-state index in [0.717, 1.165) is 11.3 Å². The average Bonchev–Trinajstić information content (AvgIpc) is 2.63. The van der Waals surface area contributed by atoms with Gasteiger partial charge in [0.25, 0.3) is 0 Å². The lowest BCUT2D eigenvalue weighted by Gasteiger charge is -2.29. The van der Waals surface area contributed by atoms with Crippen molar-refractivity contribution in [2.24, 2.45) is 0 Å². The Hall–Kier alpha value is -2.15. The number of hydrogen-bond acceptors (Lipinski definition) is 3. The first-order valence-corrected chi connectivity index (χ1v) is 10.1. The van der Waals surface area contributed by atoms with Crippen LogP contribution in [0, 0.1) is 0 Å². The van der Waals surface area contributed by atoms with Crippen molar-refractivity contribution in [2.75, 3.05) is 29.9 Å². The molecule has 3 rings (SSSR count). The third kappa shape index (κ3) is 5.26. The van der Waals surface area contributed by atoms with E-state index in [1.807, 2.05) is 24.8 Å². The first-order chi connectivity index (χ1) is 13.7. The molecule has 1 fully saturated rings. The molecule has 2 aromatic carbocycles. The molecule has 6 nitrogen and oxygen atoms in total. The molecule has 0 aliphatic carbocycles. The highest BCUT2D eigenvalue weighted by atomic mass is 35.5. The Bertz CT molecular complexity index is 949. The lowest BCUT2D eigenvalue weighted by molar-refractivity contribution is -0.120. The smallest absolute Gasteiger partial charge is 0.319 e. The molecule has 0 saturated carbocycles. The number of nitrogens with one attached hydrogen (secondary N) is 3. The molecule has 154 valence electrons. The van der Waals surface area contributed by atoms with Gasteiger partial charge in [0.05, 0.1) is 32.8 Å². The summed E-state index contributed by atoms with van der Waals surface area (Å²) in [5.41, 5.74) is 1.44. The van der Waals surface area contributed by atoms with Crippen LogP contribution in [0.1, 0.15) is 19.4 Å². The molecule has 1 aliphatic heterocycles. The van der Waals surface area contributed by atoms with Gasteiger partial charge in [-0.2, -0.15) is 0 Å². The maximum absolute atomic E-state index is 12.5. The van der Waals surface area contributed by atoms with Crippen LogP contribution in [-0.2, 0) is 10.3 Å². The van der Waals surface area contributed by atoms with Crippen molar-refractivity contribution >= 4 is 58.1 Å². The summed E-state index contributed by atoms with van der Waals surface area (Å²) in [6.07, 6.45) is 0. The number of piperazine rings is 1. The van der Waals surface area contributed by atoms with Gasteiger partial charge in [-0.15, -0.1) is 0 Å². The van der Waals surface area contributed by atoms with Crippen LogP contribution >= 0.6 is 34.8 Å². The summed E-state index contributed by atoms with van der Waals surface area (Å²) in [7, 11) is 0. The van der Waals surface area contributed by atoms with E-state index < -0.39 is 5.54 Å². The predicted molar refractivity (Wildman–Crippen MR) is 118 cm³/mol. The Morgan fingerprint density at radius 2 is 1.83 bits per heavy atom. The Morgan fingerprint density at radius 1 is 1.07 bits per heavy atom. The van der Waals surface area contributed by atoms with Crippen molar-refractivity contribution in [3.63, 3.8) is 0 Å². The number of urea groups is 1. The van der Waals surface area contributed by atoms with Crippen molar-refractivity contribution in [1.82, 2.24) is 10.6 Å². The molecule has 9 heteroatoms. The Kier molecular flexibility index (Phi) is 6.46. The van der Waals surface area contributed by atoms with E-state index in [9.17, 15) is 9.59 Å². The fourth-order valence-corrected chi connectivity index (χ4v) is 3.69. The van der Waals surface area contributed by atoms with Gasteiger partial charge in [-0.3, -0.25) is 4.79 Å². The molecule has 0 atom stereocenters. The average molecular weight is 456 g/mol. The highest BCUT2D eigenvalue weighted by Crippen LogP contribution is 2.30. The van der Waals surface area contributed by atoms with Gasteiger partial charge in [-0.25, -0.2) is 4.79 Å². The SMILES string of the molecule is CC(C)(NC(=O)Nc1ccc(N2CCNC(=O)C2)c(Cl)c1)c1ccc(Cl)c(Cl)c1. The normalized spacial score (nSPS) is 14.4. The third-order valence-corrected chi connectivity index (χ3v) is 5.69. The maximum atomic E-state index is 12.5. The van der Waals surface area contributed by atoms with Crippen LogP contribution in [0.3, 0.4) is 0 Å². The summed E-state index contributed by atoms with van der Waals surface area (Å²) in [5.74, 6) is -0.0431. The van der Waals surface area contributed by atoms with Crippen LogP contribution in [0.5, 0.6) is 0 Å². The number of carbonyl (C=O) groups excluding carboxylic acids is 2. The lowest BCUT2D eigenvalue weighted by Crippen LogP contribution is -2.47. The fraction of sp³-hybridized carbons (Fsp3) is 0.300. The second-order valence-corrected chi connectivity index (χ2v) is 8.49. The summed E-state index contributed by atoms with van der Waals surface area (Å²) in [6, 6.07) is 10.1. The molecular formula is C20H21Cl3N4O2. The van der Waals surface area contributed by atoms with Crippen LogP contribution in [-0.4, -0.2) is 31.6 Å². The number of amides is 3. The molecule has 0 spiro atoms. The van der Waals surface area contributed by atoms with Gasteiger partial charge in [0.2, 0.25) is 5.91 Å². The van der Waals surface area contributed by atoms with Crippen LogP contribution in [0.15, 0.2) is 36.4 Å². The summed E-state index contributed by atoms with van der Waals surface area (Å²) in [6.45, 7) is 5.23. The highest BCUT2D eigenvalue weighted by molar-refractivity contribution is 6.42. The topological polar surface area (TPSA) is 73.5 Å². The van der Waals surface area contributed by atoms with Crippen molar-refractivity contribution in [1.29, 1.82) is 0 Å². The molecule has 0 bridgehead atoms. The number of nitrogens with zero attached hydrogens (tertiary/aromatic N) is 1. The summed E-state index contributed by atoms with van der Waals surface area (Å²) in [4.78, 5) is 26.0. The predicted octanol–water partition coefficient (Wildman–Crippen LogP) is 4.64. The van der Waals surface area contributed by atoms with Crippen molar-refractivity contribution < 1.29 is 9.59 Å². The van der Waals surface area contributed by atoms with Gasteiger partial charge in [0, 0.05) is 18.8 Å². The zero-order valence-electron chi connectivity index (χ0n) is 16.0. The van der Waals surface area contributed by atoms with Crippen molar-refractivity contribution in [2.45, 2.75) is 19.4 Å². The minimum absolute atomic E-state index is 0.0431. The van der Waals surface area contributed by atoms with E-state index in [2.05, 4.69) is 16.0 Å². The van der Waals surface area contributed by atoms with Gasteiger partial charge in [-0.1, -0.05) is 40.9 Å². The molecule has 3 amide bonds. The molecule has 1 heterocycles. The first-order valence-electron chi connectivity index (χ1n) is 9.01. The van der Waals surface area contributed by atoms with Crippen molar-refractivity contribution in [3.05, 3.63) is 57.0 Å². The zero-order valence-corrected chi connectivity index (χ0v) is 18.3. The van der Waals surface area contributed by atoms with Crippen molar-refractivity contribution in [3.8, 4) is 0 Å². The molecule has 0 radical (unpaired) electrons. The number of benzene rings is 2. The maximum Gasteiger partial charge on any atom is 0.319 e. The molecule has 0 unspecified atom stereocenters. The summed E-state index contributed by atoms with van der Waals surface area (Å²) in [5, 5.41) is 9.81. The molecule has 1 aliphatic rings. The highest BCUT2D eigenvalue weighted by Gasteiger charge is 2.24. The quantitative estimate of drug-likeness (QED) is 0.629. The summed E-state index contributed by atoms with van der Waals surface area (Å²) < 4.78 is 0. The third-order valence-electron chi connectivity index (χ3n) is 4.65. The Labute approximate surface area is 184 Å². The first kappa shape index (κ1) is 21.6. The van der Waals surface area contributed by atoms with Gasteiger partial charge >= 0.3 is 6.03 Å². The van der Waals surface area contributed by atoms with Gasteiger partial charge < -0.3 is 20.9 Å². The van der Waals surface area contributed by atoms with Gasteiger partial charge in [0.1, 0.15) is 0 Å². The van der Waals surface area contributed by atoms with Crippen LogP contribution in [0.2, 0.25) is 15.1 Å². The zero-order chi connectivity index (χ0) is 21.2. The summed E-state index contributed by atoms with van der Waals surface area (Å²) >= 11 is 18.4. The second kappa shape index (κ2) is 8.69. The van der Waals surface area contributed by atoms with Crippen LogP contribution in [0.4, 0.5) is 16.2 Å². The minimum Gasteiger partial charge on any atom is -0.359 e. The molecular weight excluding hydrogens is 435 g/mol. The monoisotopic (exact) mass is 454 g/mol. The minimum atomic E-state index is -0.677. The van der Waals surface area contributed by atoms with Crippen LogP contribution in [0.25, 0.3) is 0 Å². The van der Waals surface area contributed by atoms with E-state index in [0.29, 0.717) is 33.8 Å². The fourth-order valence-electron chi connectivity index (χ4n) is 3.09. The molecule has 3 N–H and O–H groups in total. The molecule has 2 aromatic rings. The molecule has 29 heavy (non-hydrogen) atoms. The van der Waals surface area contributed by atoms with E-state index in [4.69, 9.17) is 34.8 Å². The second-order valence-electron chi connectivity index (χ2n) is 7.27. The molecule has 0 aromatic heterocycles. The number of halogens is 3. The number of rotatable bonds is 4. The number of anilines is 2. The van der Waals surface area contributed by atoms with E-state index in [-0.39, 0.29) is 18.5 Å².